The van der Waals surface area contributed by atoms with E-state index in [-0.39, 0.29) is 5.82 Å². The molecule has 1 aromatic rings. The molecule has 1 rings (SSSR count). The standard InChI is InChI=1S/C12H18N2O5S/c1-8(20(16,17)18)9-5-6-10(13-7-9)14-11(15)19-12(2,3)4/h5-8H,1-4H3,(H,13,14,15)(H,16,17,18). The van der Waals surface area contributed by atoms with E-state index in [9.17, 15) is 13.2 Å². The van der Waals surface area contributed by atoms with Crippen LogP contribution in [0.4, 0.5) is 10.6 Å². The van der Waals surface area contributed by atoms with Gasteiger partial charge in [-0.15, -0.1) is 0 Å². The number of aromatic nitrogens is 1. The molecule has 2 N–H and O–H groups in total. The third-order valence-electron chi connectivity index (χ3n) is 2.33. The number of nitrogens with one attached hydrogen (secondary N) is 1. The van der Waals surface area contributed by atoms with Gasteiger partial charge in [-0.05, 0) is 39.3 Å². The van der Waals surface area contributed by atoms with Crippen LogP contribution in [0.2, 0.25) is 0 Å². The SMILES string of the molecule is CC(c1ccc(NC(=O)OC(C)(C)C)nc1)S(=O)(=O)O. The molecule has 1 amide bonds. The first-order valence-corrected chi connectivity index (χ1v) is 7.41. The molecule has 8 heteroatoms. The predicted molar refractivity (Wildman–Crippen MR) is 74.1 cm³/mol. The van der Waals surface area contributed by atoms with Crippen molar-refractivity contribution in [3.05, 3.63) is 23.9 Å². The van der Waals surface area contributed by atoms with Gasteiger partial charge < -0.3 is 4.74 Å². The summed E-state index contributed by atoms with van der Waals surface area (Å²) in [5.74, 6) is 0.227. The zero-order valence-corrected chi connectivity index (χ0v) is 12.6. The third-order valence-corrected chi connectivity index (χ3v) is 3.50. The van der Waals surface area contributed by atoms with Gasteiger partial charge in [-0.3, -0.25) is 9.87 Å². The van der Waals surface area contributed by atoms with Crippen LogP contribution in [0, 0.1) is 0 Å². The van der Waals surface area contributed by atoms with Crippen LogP contribution < -0.4 is 5.32 Å². The lowest BCUT2D eigenvalue weighted by Gasteiger charge is -2.19. The zero-order valence-electron chi connectivity index (χ0n) is 11.7. The molecule has 0 saturated heterocycles. The van der Waals surface area contributed by atoms with E-state index in [0.717, 1.165) is 0 Å². The number of carbonyl (C=O) groups is 1. The Kier molecular flexibility index (Phi) is 4.72. The van der Waals surface area contributed by atoms with Crippen molar-refractivity contribution in [2.75, 3.05) is 5.32 Å². The van der Waals surface area contributed by atoms with Gasteiger partial charge in [0, 0.05) is 6.20 Å². The van der Waals surface area contributed by atoms with Crippen LogP contribution in [-0.2, 0) is 14.9 Å². The number of pyridine rings is 1. The van der Waals surface area contributed by atoms with Crippen LogP contribution in [0.15, 0.2) is 18.3 Å². The van der Waals surface area contributed by atoms with Crippen LogP contribution in [0.1, 0.15) is 38.5 Å². The Morgan fingerprint density at radius 3 is 2.40 bits per heavy atom. The molecule has 20 heavy (non-hydrogen) atoms. The minimum Gasteiger partial charge on any atom is -0.444 e. The van der Waals surface area contributed by atoms with Crippen molar-refractivity contribution in [3.8, 4) is 0 Å². The van der Waals surface area contributed by atoms with Crippen LogP contribution in [-0.4, -0.2) is 29.6 Å². The van der Waals surface area contributed by atoms with Crippen molar-refractivity contribution in [2.45, 2.75) is 38.5 Å². The molecule has 1 atom stereocenters. The Bertz CT molecular complexity index is 575. The van der Waals surface area contributed by atoms with Gasteiger partial charge >= 0.3 is 6.09 Å². The number of amides is 1. The van der Waals surface area contributed by atoms with Gasteiger partial charge in [0.25, 0.3) is 10.1 Å². The second-order valence-electron chi connectivity index (χ2n) is 5.26. The molecule has 0 radical (unpaired) electrons. The van der Waals surface area contributed by atoms with Crippen molar-refractivity contribution < 1.29 is 22.5 Å². The van der Waals surface area contributed by atoms with Crippen LogP contribution in [0.5, 0.6) is 0 Å². The lowest BCUT2D eigenvalue weighted by molar-refractivity contribution is 0.0635. The summed E-state index contributed by atoms with van der Waals surface area (Å²) in [4.78, 5) is 15.4. The monoisotopic (exact) mass is 302 g/mol. The van der Waals surface area contributed by atoms with E-state index in [0.29, 0.717) is 5.56 Å². The smallest absolute Gasteiger partial charge is 0.413 e. The molecule has 1 unspecified atom stereocenters. The van der Waals surface area contributed by atoms with E-state index >= 15 is 0 Å². The molecule has 0 spiro atoms. The van der Waals surface area contributed by atoms with Crippen LogP contribution in [0.25, 0.3) is 0 Å². The highest BCUT2D eigenvalue weighted by atomic mass is 32.2. The fourth-order valence-corrected chi connectivity index (χ4v) is 1.78. The normalized spacial score (nSPS) is 13.7. The second-order valence-corrected chi connectivity index (χ2v) is 7.00. The van der Waals surface area contributed by atoms with E-state index in [1.54, 1.807) is 20.8 Å². The van der Waals surface area contributed by atoms with Gasteiger partial charge in [0.2, 0.25) is 0 Å². The summed E-state index contributed by atoms with van der Waals surface area (Å²) in [5, 5.41) is 1.34. The molecular weight excluding hydrogens is 284 g/mol. The molecule has 7 nitrogen and oxygen atoms in total. The van der Waals surface area contributed by atoms with Crippen molar-refractivity contribution in [1.82, 2.24) is 4.98 Å². The summed E-state index contributed by atoms with van der Waals surface area (Å²) in [6.45, 7) is 6.54. The molecule has 0 aliphatic carbocycles. The van der Waals surface area contributed by atoms with Gasteiger partial charge in [-0.1, -0.05) is 6.07 Å². The zero-order chi connectivity index (χ0) is 15.6. The van der Waals surface area contributed by atoms with Gasteiger partial charge in [-0.25, -0.2) is 9.78 Å². The Balaban J connectivity index is 2.75. The van der Waals surface area contributed by atoms with E-state index in [1.165, 1.54) is 25.3 Å². The van der Waals surface area contributed by atoms with E-state index in [4.69, 9.17) is 9.29 Å². The van der Waals surface area contributed by atoms with Crippen LogP contribution in [0.3, 0.4) is 0 Å². The summed E-state index contributed by atoms with van der Waals surface area (Å²) < 4.78 is 36.0. The Labute approximate surface area is 118 Å². The maximum absolute atomic E-state index is 11.5. The van der Waals surface area contributed by atoms with Gasteiger partial charge in [0.1, 0.15) is 16.7 Å². The number of nitrogens with zero attached hydrogens (tertiary/aromatic N) is 1. The van der Waals surface area contributed by atoms with Gasteiger partial charge in [0.05, 0.1) is 0 Å². The first kappa shape index (κ1) is 16.4. The summed E-state index contributed by atoms with van der Waals surface area (Å²) in [6, 6.07) is 2.89. The van der Waals surface area contributed by atoms with E-state index in [2.05, 4.69) is 10.3 Å². The number of anilines is 1. The van der Waals surface area contributed by atoms with Gasteiger partial charge in [-0.2, -0.15) is 8.42 Å². The van der Waals surface area contributed by atoms with E-state index in [1.807, 2.05) is 0 Å². The van der Waals surface area contributed by atoms with Crippen molar-refractivity contribution in [3.63, 3.8) is 0 Å². The number of rotatable bonds is 3. The van der Waals surface area contributed by atoms with Gasteiger partial charge in [0.15, 0.2) is 0 Å². The maximum Gasteiger partial charge on any atom is 0.413 e. The molecule has 0 fully saturated rings. The molecular formula is C12H18N2O5S. The topological polar surface area (TPSA) is 106 Å². The van der Waals surface area contributed by atoms with Crippen molar-refractivity contribution >= 4 is 22.0 Å². The number of hydrogen-bond donors (Lipinski definition) is 2. The van der Waals surface area contributed by atoms with Crippen LogP contribution >= 0.6 is 0 Å². The molecule has 0 bridgehead atoms. The average molecular weight is 302 g/mol. The van der Waals surface area contributed by atoms with Crippen molar-refractivity contribution in [1.29, 1.82) is 0 Å². The molecule has 0 aliphatic heterocycles. The summed E-state index contributed by atoms with van der Waals surface area (Å²) >= 11 is 0. The first-order valence-electron chi connectivity index (χ1n) is 5.91. The molecule has 0 aromatic carbocycles. The number of carbonyl (C=O) groups excluding carboxylic acids is 1. The Hall–Kier alpha value is -1.67. The molecule has 0 saturated carbocycles. The highest BCUT2D eigenvalue weighted by Crippen LogP contribution is 2.20. The molecule has 1 aromatic heterocycles. The highest BCUT2D eigenvalue weighted by Gasteiger charge is 2.20. The Morgan fingerprint density at radius 1 is 1.40 bits per heavy atom. The molecule has 112 valence electrons. The predicted octanol–water partition coefficient (Wildman–Crippen LogP) is 2.38. The third kappa shape index (κ3) is 5.14. The maximum atomic E-state index is 11.5. The number of ether oxygens (including phenoxy) is 1. The van der Waals surface area contributed by atoms with E-state index < -0.39 is 27.1 Å². The summed E-state index contributed by atoms with van der Waals surface area (Å²) in [5.41, 5.74) is -0.300. The molecule has 1 heterocycles. The lowest BCUT2D eigenvalue weighted by atomic mass is 10.2. The summed E-state index contributed by atoms with van der Waals surface area (Å²) in [7, 11) is -4.17. The second kappa shape index (κ2) is 5.76. The highest BCUT2D eigenvalue weighted by molar-refractivity contribution is 7.86. The lowest BCUT2D eigenvalue weighted by Crippen LogP contribution is -2.27. The largest absolute Gasteiger partial charge is 0.444 e. The minimum atomic E-state index is -4.17. The summed E-state index contributed by atoms with van der Waals surface area (Å²) in [6.07, 6.45) is 0.617. The quantitative estimate of drug-likeness (QED) is 0.830. The van der Waals surface area contributed by atoms with Crippen molar-refractivity contribution in [2.24, 2.45) is 0 Å². The molecule has 0 aliphatic rings. The number of hydrogen-bond acceptors (Lipinski definition) is 5. The first-order chi connectivity index (χ1) is 8.99. The average Bonchev–Trinajstić information content (AvgIpc) is 2.25. The minimum absolute atomic E-state index is 0.227. The Morgan fingerprint density at radius 2 is 2.00 bits per heavy atom. The fraction of sp³-hybridized carbons (Fsp3) is 0.500. The fourth-order valence-electron chi connectivity index (χ4n) is 1.30.